The summed E-state index contributed by atoms with van der Waals surface area (Å²) >= 11 is 0. The molecule has 148 valence electrons. The van der Waals surface area contributed by atoms with Gasteiger partial charge in [0.1, 0.15) is 0 Å². The van der Waals surface area contributed by atoms with Crippen LogP contribution in [0, 0.1) is 0 Å². The third-order valence-electron chi connectivity index (χ3n) is 6.01. The van der Waals surface area contributed by atoms with E-state index in [0.717, 1.165) is 17.5 Å². The molecule has 0 spiro atoms. The number of anilines is 1. The van der Waals surface area contributed by atoms with Crippen LogP contribution in [0.3, 0.4) is 0 Å². The van der Waals surface area contributed by atoms with Crippen molar-refractivity contribution in [3.05, 3.63) is 65.2 Å². The fourth-order valence-electron chi connectivity index (χ4n) is 4.33. The topological polar surface area (TPSA) is 52.6 Å². The van der Waals surface area contributed by atoms with Crippen LogP contribution in [0.25, 0.3) is 0 Å². The molecule has 1 heterocycles. The van der Waals surface area contributed by atoms with Crippen LogP contribution in [-0.4, -0.2) is 41.1 Å². The largest absolute Gasteiger partial charge is 0.393 e. The summed E-state index contributed by atoms with van der Waals surface area (Å²) in [7, 11) is 0. The van der Waals surface area contributed by atoms with E-state index in [9.17, 15) is 9.90 Å². The fraction of sp³-hybridized carbons (Fsp3) is 0.458. The summed E-state index contributed by atoms with van der Waals surface area (Å²) in [6, 6.07) is 17.3. The quantitative estimate of drug-likeness (QED) is 0.819. The van der Waals surface area contributed by atoms with E-state index in [2.05, 4.69) is 35.6 Å². The predicted octanol–water partition coefficient (Wildman–Crippen LogP) is 4.23. The zero-order valence-electron chi connectivity index (χ0n) is 16.4. The number of aliphatic hydroxyl groups is 1. The Morgan fingerprint density at radius 3 is 2.39 bits per heavy atom. The van der Waals surface area contributed by atoms with Crippen LogP contribution in [0.1, 0.15) is 60.0 Å². The van der Waals surface area contributed by atoms with Crippen LogP contribution in [-0.2, 0) is 6.42 Å². The van der Waals surface area contributed by atoms with Gasteiger partial charge in [-0.3, -0.25) is 4.79 Å². The smallest absolute Gasteiger partial charge is 0.253 e. The molecule has 0 bridgehead atoms. The van der Waals surface area contributed by atoms with E-state index in [1.165, 1.54) is 36.9 Å². The van der Waals surface area contributed by atoms with Crippen molar-refractivity contribution in [3.63, 3.8) is 0 Å². The molecule has 1 saturated heterocycles. The molecule has 1 aliphatic heterocycles. The number of nitrogens with one attached hydrogen (secondary N) is 1. The summed E-state index contributed by atoms with van der Waals surface area (Å²) in [5.74, 6) is 0.0739. The number of benzene rings is 2. The van der Waals surface area contributed by atoms with E-state index in [1.54, 1.807) is 0 Å². The van der Waals surface area contributed by atoms with Gasteiger partial charge in [0, 0.05) is 30.4 Å². The second-order valence-corrected chi connectivity index (χ2v) is 8.22. The number of hydrogen-bond donors (Lipinski definition) is 2. The molecular weight excluding hydrogens is 348 g/mol. The Hall–Kier alpha value is -2.33. The van der Waals surface area contributed by atoms with E-state index in [1.807, 2.05) is 23.1 Å². The molecule has 1 saturated carbocycles. The molecule has 4 nitrogen and oxygen atoms in total. The first-order chi connectivity index (χ1) is 13.7. The van der Waals surface area contributed by atoms with Crippen LogP contribution < -0.4 is 5.32 Å². The minimum absolute atomic E-state index is 0.0739. The number of rotatable bonds is 5. The van der Waals surface area contributed by atoms with Crippen molar-refractivity contribution in [3.8, 4) is 0 Å². The molecule has 2 fully saturated rings. The van der Waals surface area contributed by atoms with Crippen molar-refractivity contribution >= 4 is 11.6 Å². The molecular formula is C24H30N2O2. The summed E-state index contributed by atoms with van der Waals surface area (Å²) in [6.07, 6.45) is 7.13. The van der Waals surface area contributed by atoms with Gasteiger partial charge in [-0.1, -0.05) is 37.1 Å². The maximum absolute atomic E-state index is 12.8. The second kappa shape index (κ2) is 8.78. The summed E-state index contributed by atoms with van der Waals surface area (Å²) in [4.78, 5) is 14.6. The number of carbonyl (C=O) groups is 1. The zero-order valence-corrected chi connectivity index (χ0v) is 16.4. The molecule has 4 rings (SSSR count). The molecule has 0 aromatic heterocycles. The molecule has 1 amide bonds. The lowest BCUT2D eigenvalue weighted by Gasteiger charge is -2.29. The van der Waals surface area contributed by atoms with Crippen LogP contribution in [0.5, 0.6) is 0 Å². The van der Waals surface area contributed by atoms with Crippen molar-refractivity contribution in [2.24, 2.45) is 0 Å². The lowest BCUT2D eigenvalue weighted by Crippen LogP contribution is -2.40. The molecule has 2 aliphatic rings. The summed E-state index contributed by atoms with van der Waals surface area (Å²) in [5, 5.41) is 13.3. The van der Waals surface area contributed by atoms with Crippen molar-refractivity contribution in [1.82, 2.24) is 4.90 Å². The molecule has 0 atom stereocenters. The number of piperidine rings is 1. The van der Waals surface area contributed by atoms with Crippen LogP contribution in [0.2, 0.25) is 0 Å². The highest BCUT2D eigenvalue weighted by Crippen LogP contribution is 2.23. The molecule has 0 unspecified atom stereocenters. The number of hydrogen-bond acceptors (Lipinski definition) is 3. The van der Waals surface area contributed by atoms with Crippen molar-refractivity contribution < 1.29 is 9.90 Å². The van der Waals surface area contributed by atoms with Crippen LogP contribution >= 0.6 is 0 Å². The van der Waals surface area contributed by atoms with Crippen molar-refractivity contribution in [2.45, 2.75) is 57.1 Å². The van der Waals surface area contributed by atoms with Crippen molar-refractivity contribution in [2.75, 3.05) is 18.4 Å². The maximum atomic E-state index is 12.8. The Kier molecular flexibility index (Phi) is 5.96. The minimum atomic E-state index is -0.262. The van der Waals surface area contributed by atoms with Crippen LogP contribution in [0.4, 0.5) is 5.69 Å². The second-order valence-electron chi connectivity index (χ2n) is 8.22. The third kappa shape index (κ3) is 4.74. The Morgan fingerprint density at radius 1 is 0.964 bits per heavy atom. The first kappa shape index (κ1) is 19.0. The Balaban J connectivity index is 1.38. The standard InChI is InChI=1S/C24H30N2O2/c27-23-12-14-26(15-13-23)24(28)20-5-3-4-19(17-20)16-18-8-10-22(11-9-18)25-21-6-1-2-7-21/h3-5,8-11,17,21,23,25,27H,1-2,6-7,12-16H2. The minimum Gasteiger partial charge on any atom is -0.393 e. The fourth-order valence-corrected chi connectivity index (χ4v) is 4.33. The third-order valence-corrected chi connectivity index (χ3v) is 6.01. The molecule has 28 heavy (non-hydrogen) atoms. The first-order valence-electron chi connectivity index (χ1n) is 10.6. The van der Waals surface area contributed by atoms with Gasteiger partial charge in [0.05, 0.1) is 6.10 Å². The highest BCUT2D eigenvalue weighted by molar-refractivity contribution is 5.94. The molecule has 2 aromatic rings. The van der Waals surface area contributed by atoms with E-state index in [4.69, 9.17) is 0 Å². The van der Waals surface area contributed by atoms with Gasteiger partial charge in [-0.2, -0.15) is 0 Å². The molecule has 0 radical (unpaired) electrons. The number of nitrogens with zero attached hydrogens (tertiary/aromatic N) is 1. The number of amides is 1. The Bertz CT molecular complexity index is 789. The van der Waals surface area contributed by atoms with Gasteiger partial charge in [-0.15, -0.1) is 0 Å². The van der Waals surface area contributed by atoms with Gasteiger partial charge in [-0.25, -0.2) is 0 Å². The molecule has 4 heteroatoms. The SMILES string of the molecule is O=C(c1cccc(Cc2ccc(NC3CCCC3)cc2)c1)N1CCC(O)CC1. The average Bonchev–Trinajstić information content (AvgIpc) is 3.23. The van der Waals surface area contributed by atoms with Gasteiger partial charge >= 0.3 is 0 Å². The normalized spacial score (nSPS) is 18.4. The summed E-state index contributed by atoms with van der Waals surface area (Å²) in [5.41, 5.74) is 4.35. The zero-order chi connectivity index (χ0) is 19.3. The highest BCUT2D eigenvalue weighted by atomic mass is 16.3. The van der Waals surface area contributed by atoms with Gasteiger partial charge < -0.3 is 15.3 Å². The van der Waals surface area contributed by atoms with Gasteiger partial charge in [0.25, 0.3) is 5.91 Å². The monoisotopic (exact) mass is 378 g/mol. The average molecular weight is 379 g/mol. The van der Waals surface area contributed by atoms with Gasteiger partial charge in [0.2, 0.25) is 0 Å². The van der Waals surface area contributed by atoms with E-state index in [-0.39, 0.29) is 12.0 Å². The van der Waals surface area contributed by atoms with Gasteiger partial charge in [0.15, 0.2) is 0 Å². The summed E-state index contributed by atoms with van der Waals surface area (Å²) < 4.78 is 0. The van der Waals surface area contributed by atoms with Crippen LogP contribution in [0.15, 0.2) is 48.5 Å². The van der Waals surface area contributed by atoms with E-state index < -0.39 is 0 Å². The number of carbonyl (C=O) groups excluding carboxylic acids is 1. The first-order valence-corrected chi connectivity index (χ1v) is 10.6. The molecule has 1 aliphatic carbocycles. The maximum Gasteiger partial charge on any atom is 0.253 e. The lowest BCUT2D eigenvalue weighted by molar-refractivity contribution is 0.0546. The molecule has 2 aromatic carbocycles. The highest BCUT2D eigenvalue weighted by Gasteiger charge is 2.22. The number of aliphatic hydroxyl groups excluding tert-OH is 1. The summed E-state index contributed by atoms with van der Waals surface area (Å²) in [6.45, 7) is 1.28. The lowest BCUT2D eigenvalue weighted by atomic mass is 10.0. The number of likely N-dealkylation sites (tertiary alicyclic amines) is 1. The van der Waals surface area contributed by atoms with Crippen molar-refractivity contribution in [1.29, 1.82) is 0 Å². The Morgan fingerprint density at radius 2 is 1.68 bits per heavy atom. The predicted molar refractivity (Wildman–Crippen MR) is 113 cm³/mol. The molecule has 2 N–H and O–H groups in total. The Labute approximate surface area is 167 Å². The van der Waals surface area contributed by atoms with E-state index >= 15 is 0 Å². The van der Waals surface area contributed by atoms with Gasteiger partial charge in [-0.05, 0) is 67.5 Å². The van der Waals surface area contributed by atoms with E-state index in [0.29, 0.717) is 32.0 Å².